The molecule has 4 rings (SSSR count). The first-order chi connectivity index (χ1) is 19.3. The van der Waals surface area contributed by atoms with Crippen LogP contribution in [0.1, 0.15) is 23.6 Å². The van der Waals surface area contributed by atoms with Crippen molar-refractivity contribution in [3.63, 3.8) is 0 Å². The molecule has 7 nitrogen and oxygen atoms in total. The van der Waals surface area contributed by atoms with Crippen LogP contribution in [0.25, 0.3) is 6.08 Å². The molecule has 0 unspecified atom stereocenters. The summed E-state index contributed by atoms with van der Waals surface area (Å²) in [5.41, 5.74) is 3.10. The lowest BCUT2D eigenvalue weighted by Gasteiger charge is -2.17. The third-order valence-electron chi connectivity index (χ3n) is 5.72. The topological polar surface area (TPSA) is 84.9 Å². The number of rotatable bonds is 11. The van der Waals surface area contributed by atoms with Gasteiger partial charge in [0, 0.05) is 19.3 Å². The number of hydrogen-bond donors (Lipinski definition) is 1. The SMILES string of the molecule is C=CCc1cc(/C=C2\SC(=O)N(CC(=O)Nc3ccc(I)cc3)C2=O)cc(OCC)c1OCc1ccc(Br)cc1. The minimum Gasteiger partial charge on any atom is -0.490 e. The highest BCUT2D eigenvalue weighted by atomic mass is 127. The summed E-state index contributed by atoms with van der Waals surface area (Å²) < 4.78 is 14.1. The number of ether oxygens (including phenoxy) is 2. The van der Waals surface area contributed by atoms with E-state index in [1.807, 2.05) is 49.4 Å². The van der Waals surface area contributed by atoms with E-state index in [9.17, 15) is 14.4 Å². The quantitative estimate of drug-likeness (QED) is 0.125. The van der Waals surface area contributed by atoms with Gasteiger partial charge in [-0.15, -0.1) is 6.58 Å². The Kier molecular flexibility index (Phi) is 10.5. The van der Waals surface area contributed by atoms with E-state index in [1.54, 1.807) is 30.4 Å². The number of nitrogens with zero attached hydrogens (tertiary/aromatic N) is 1. The van der Waals surface area contributed by atoms with Gasteiger partial charge in [-0.05, 0) is 113 Å². The van der Waals surface area contributed by atoms with Crippen LogP contribution >= 0.6 is 50.3 Å². The molecular formula is C30H26BrIN2O5S. The lowest BCUT2D eigenvalue weighted by molar-refractivity contribution is -0.127. The second-order valence-corrected chi connectivity index (χ2v) is 11.8. The van der Waals surface area contributed by atoms with Gasteiger partial charge in [0.1, 0.15) is 13.2 Å². The largest absolute Gasteiger partial charge is 0.490 e. The Balaban J connectivity index is 1.54. The third-order valence-corrected chi connectivity index (χ3v) is 7.87. The van der Waals surface area contributed by atoms with Crippen molar-refractivity contribution in [3.05, 3.63) is 103 Å². The van der Waals surface area contributed by atoms with Crippen molar-refractivity contribution < 1.29 is 23.9 Å². The molecule has 3 amide bonds. The molecule has 1 heterocycles. The van der Waals surface area contributed by atoms with Gasteiger partial charge in [0.15, 0.2) is 11.5 Å². The summed E-state index contributed by atoms with van der Waals surface area (Å²) in [7, 11) is 0. The van der Waals surface area contributed by atoms with Crippen LogP contribution in [0.5, 0.6) is 11.5 Å². The molecule has 10 heteroatoms. The molecule has 3 aromatic rings. The molecule has 1 aliphatic rings. The second kappa shape index (κ2) is 14.0. The molecule has 0 saturated carbocycles. The number of amides is 3. The van der Waals surface area contributed by atoms with Crippen LogP contribution in [0.4, 0.5) is 10.5 Å². The number of imide groups is 1. The summed E-state index contributed by atoms with van der Waals surface area (Å²) in [4.78, 5) is 39.4. The number of nitrogens with one attached hydrogen (secondary N) is 1. The molecule has 0 aromatic heterocycles. The number of anilines is 1. The smallest absolute Gasteiger partial charge is 0.294 e. The van der Waals surface area contributed by atoms with E-state index in [4.69, 9.17) is 9.47 Å². The zero-order valence-electron chi connectivity index (χ0n) is 21.6. The Bertz CT molecular complexity index is 1460. The van der Waals surface area contributed by atoms with E-state index >= 15 is 0 Å². The maximum Gasteiger partial charge on any atom is 0.294 e. The highest BCUT2D eigenvalue weighted by molar-refractivity contribution is 14.1. The van der Waals surface area contributed by atoms with Gasteiger partial charge in [0.2, 0.25) is 5.91 Å². The lowest BCUT2D eigenvalue weighted by atomic mass is 10.0. The summed E-state index contributed by atoms with van der Waals surface area (Å²) >= 11 is 6.41. The van der Waals surface area contributed by atoms with Crippen molar-refractivity contribution in [1.82, 2.24) is 4.90 Å². The molecular weight excluding hydrogens is 707 g/mol. The van der Waals surface area contributed by atoms with E-state index in [0.29, 0.717) is 42.4 Å². The highest BCUT2D eigenvalue weighted by Crippen LogP contribution is 2.38. The van der Waals surface area contributed by atoms with E-state index in [-0.39, 0.29) is 11.4 Å². The Morgan fingerprint density at radius 2 is 1.82 bits per heavy atom. The van der Waals surface area contributed by atoms with Crippen molar-refractivity contribution >= 4 is 79.1 Å². The van der Waals surface area contributed by atoms with Crippen molar-refractivity contribution in [2.75, 3.05) is 18.5 Å². The summed E-state index contributed by atoms with van der Waals surface area (Å²) in [5.74, 6) is 0.152. The molecule has 1 saturated heterocycles. The maximum absolute atomic E-state index is 13.1. The van der Waals surface area contributed by atoms with Crippen molar-refractivity contribution in [2.24, 2.45) is 0 Å². The van der Waals surface area contributed by atoms with Gasteiger partial charge in [0.25, 0.3) is 11.1 Å². The predicted molar refractivity (Wildman–Crippen MR) is 170 cm³/mol. The molecule has 1 fully saturated rings. The number of carbonyl (C=O) groups excluding carboxylic acids is 3. The molecule has 1 aliphatic heterocycles. The normalized spacial score (nSPS) is 14.0. The number of carbonyl (C=O) groups is 3. The molecule has 40 heavy (non-hydrogen) atoms. The zero-order chi connectivity index (χ0) is 28.6. The van der Waals surface area contributed by atoms with Gasteiger partial charge >= 0.3 is 0 Å². The Labute approximate surface area is 259 Å². The minimum absolute atomic E-state index is 0.225. The molecule has 3 aromatic carbocycles. The van der Waals surface area contributed by atoms with Gasteiger partial charge in [-0.1, -0.05) is 34.1 Å². The standard InChI is InChI=1S/C30H26BrIN2O5S/c1-3-5-21-14-20(15-25(38-4-2)28(21)39-18-19-6-8-22(31)9-7-19)16-26-29(36)34(30(37)40-26)17-27(35)33-24-12-10-23(32)11-13-24/h3,6-16H,1,4-5,17-18H2,2H3,(H,33,35)/b26-16-. The first-order valence-corrected chi connectivity index (χ1v) is 15.0. The Morgan fingerprint density at radius 3 is 2.50 bits per heavy atom. The Hall–Kier alpha value is -3.09. The van der Waals surface area contributed by atoms with Crippen molar-refractivity contribution in [3.8, 4) is 11.5 Å². The maximum atomic E-state index is 13.1. The molecule has 0 spiro atoms. The number of halogens is 2. The van der Waals surface area contributed by atoms with Crippen molar-refractivity contribution in [1.29, 1.82) is 0 Å². The van der Waals surface area contributed by atoms with Crippen LogP contribution in [0, 0.1) is 3.57 Å². The number of allylic oxidation sites excluding steroid dienone is 1. The van der Waals surface area contributed by atoms with E-state index in [0.717, 1.165) is 35.8 Å². The van der Waals surface area contributed by atoms with Crippen LogP contribution in [-0.2, 0) is 22.6 Å². The number of benzene rings is 3. The van der Waals surface area contributed by atoms with Crippen molar-refractivity contribution in [2.45, 2.75) is 20.0 Å². The molecule has 0 radical (unpaired) electrons. The van der Waals surface area contributed by atoms with Crippen LogP contribution in [0.2, 0.25) is 0 Å². The van der Waals surface area contributed by atoms with Gasteiger partial charge in [-0.25, -0.2) is 0 Å². The van der Waals surface area contributed by atoms with Gasteiger partial charge in [-0.3, -0.25) is 19.3 Å². The first kappa shape index (κ1) is 29.9. The third kappa shape index (κ3) is 7.76. The lowest BCUT2D eigenvalue weighted by Crippen LogP contribution is -2.36. The summed E-state index contributed by atoms with van der Waals surface area (Å²) in [6.45, 7) is 6.13. The van der Waals surface area contributed by atoms with Gasteiger partial charge in [0.05, 0.1) is 11.5 Å². The van der Waals surface area contributed by atoms with Crippen LogP contribution < -0.4 is 14.8 Å². The van der Waals surface area contributed by atoms with E-state index < -0.39 is 17.1 Å². The molecule has 0 bridgehead atoms. The molecule has 206 valence electrons. The fraction of sp³-hybridized carbons (Fsp3) is 0.167. The second-order valence-electron chi connectivity index (χ2n) is 8.67. The van der Waals surface area contributed by atoms with Gasteiger partial charge in [-0.2, -0.15) is 0 Å². The van der Waals surface area contributed by atoms with E-state index in [1.165, 1.54) is 0 Å². The average molecular weight is 733 g/mol. The molecule has 0 atom stereocenters. The molecule has 1 N–H and O–H groups in total. The molecule has 0 aliphatic carbocycles. The van der Waals surface area contributed by atoms with Crippen LogP contribution in [0.3, 0.4) is 0 Å². The highest BCUT2D eigenvalue weighted by Gasteiger charge is 2.36. The summed E-state index contributed by atoms with van der Waals surface area (Å²) in [6, 6.07) is 18.8. The number of thioether (sulfide) groups is 1. The monoisotopic (exact) mass is 732 g/mol. The van der Waals surface area contributed by atoms with E-state index in [2.05, 4.69) is 50.4 Å². The number of hydrogen-bond acceptors (Lipinski definition) is 6. The fourth-order valence-corrected chi connectivity index (χ4v) is 5.36. The van der Waals surface area contributed by atoms with Gasteiger partial charge < -0.3 is 14.8 Å². The minimum atomic E-state index is -0.522. The summed E-state index contributed by atoms with van der Waals surface area (Å²) in [5, 5.41) is 2.22. The first-order valence-electron chi connectivity index (χ1n) is 12.4. The summed E-state index contributed by atoms with van der Waals surface area (Å²) in [6.07, 6.45) is 3.91. The predicted octanol–water partition coefficient (Wildman–Crippen LogP) is 7.43. The van der Waals surface area contributed by atoms with Crippen LogP contribution in [0.15, 0.2) is 82.7 Å². The van der Waals surface area contributed by atoms with Crippen LogP contribution in [-0.4, -0.2) is 35.1 Å². The Morgan fingerprint density at radius 1 is 1.10 bits per heavy atom. The zero-order valence-corrected chi connectivity index (χ0v) is 26.2. The fourth-order valence-electron chi connectivity index (χ4n) is 3.90. The average Bonchev–Trinajstić information content (AvgIpc) is 3.18.